The molecule has 0 saturated carbocycles. The predicted octanol–water partition coefficient (Wildman–Crippen LogP) is 1.38. The van der Waals surface area contributed by atoms with E-state index in [2.05, 4.69) is 11.4 Å². The van der Waals surface area contributed by atoms with Gasteiger partial charge in [-0.05, 0) is 44.4 Å². The zero-order valence-corrected chi connectivity index (χ0v) is 12.9. The minimum Gasteiger partial charge on any atom is -0.315 e. The molecule has 0 aliphatic carbocycles. The van der Waals surface area contributed by atoms with Crippen LogP contribution in [-0.2, 0) is 10.0 Å². The van der Waals surface area contributed by atoms with Crippen molar-refractivity contribution in [1.29, 1.82) is 5.26 Å². The van der Waals surface area contributed by atoms with E-state index >= 15 is 0 Å². The molecule has 2 fully saturated rings. The molecule has 21 heavy (non-hydrogen) atoms. The van der Waals surface area contributed by atoms with Crippen molar-refractivity contribution in [1.82, 2.24) is 9.62 Å². The van der Waals surface area contributed by atoms with Crippen molar-refractivity contribution in [2.24, 2.45) is 0 Å². The van der Waals surface area contributed by atoms with Gasteiger partial charge in [0, 0.05) is 18.6 Å². The van der Waals surface area contributed by atoms with Gasteiger partial charge in [-0.3, -0.25) is 0 Å². The first kappa shape index (κ1) is 14.5. The summed E-state index contributed by atoms with van der Waals surface area (Å²) in [7, 11) is -3.62. The summed E-state index contributed by atoms with van der Waals surface area (Å²) in [5, 5.41) is 12.6. The van der Waals surface area contributed by atoms with Gasteiger partial charge in [-0.15, -0.1) is 0 Å². The van der Waals surface area contributed by atoms with E-state index in [0.29, 0.717) is 12.1 Å². The van der Waals surface area contributed by atoms with Gasteiger partial charge in [0.2, 0.25) is 10.0 Å². The minimum absolute atomic E-state index is 0.00885. The largest absolute Gasteiger partial charge is 0.315 e. The first-order chi connectivity index (χ1) is 10.1. The first-order valence-corrected chi connectivity index (χ1v) is 8.73. The second-order valence-corrected chi connectivity index (χ2v) is 7.58. The molecule has 2 bridgehead atoms. The second kappa shape index (κ2) is 5.41. The molecule has 0 radical (unpaired) electrons. The third-order valence-electron chi connectivity index (χ3n) is 4.49. The van der Waals surface area contributed by atoms with Crippen LogP contribution in [0.15, 0.2) is 23.1 Å². The van der Waals surface area contributed by atoms with Crippen LogP contribution in [0.1, 0.15) is 30.4 Å². The summed E-state index contributed by atoms with van der Waals surface area (Å²) in [5.41, 5.74) is 0.980. The van der Waals surface area contributed by atoms with E-state index < -0.39 is 10.0 Å². The lowest BCUT2D eigenvalue weighted by Gasteiger charge is -2.27. The molecule has 1 aromatic rings. The SMILES string of the molecule is Cc1cccc(S(=O)(=O)N2C3CCNCC2CC3)c1C#N. The van der Waals surface area contributed by atoms with Crippen molar-refractivity contribution in [2.45, 2.75) is 43.2 Å². The number of nitrogens with one attached hydrogen (secondary N) is 1. The minimum atomic E-state index is -3.62. The Hall–Kier alpha value is -1.42. The lowest BCUT2D eigenvalue weighted by molar-refractivity contribution is 0.334. The summed E-state index contributed by atoms with van der Waals surface area (Å²) in [4.78, 5) is 0.156. The maximum atomic E-state index is 13.1. The van der Waals surface area contributed by atoms with Crippen molar-refractivity contribution in [2.75, 3.05) is 13.1 Å². The normalized spacial score (nSPS) is 26.3. The van der Waals surface area contributed by atoms with Crippen LogP contribution in [0.3, 0.4) is 0 Å². The number of benzene rings is 1. The molecule has 6 heteroatoms. The van der Waals surface area contributed by atoms with Crippen LogP contribution in [0, 0.1) is 18.3 Å². The number of aryl methyl sites for hydroxylation is 1. The Morgan fingerprint density at radius 2 is 2.05 bits per heavy atom. The Bertz CT molecular complexity index is 679. The van der Waals surface area contributed by atoms with Gasteiger partial charge < -0.3 is 5.32 Å². The van der Waals surface area contributed by atoms with Gasteiger partial charge in [0.25, 0.3) is 0 Å². The van der Waals surface area contributed by atoms with Gasteiger partial charge in [0.1, 0.15) is 11.0 Å². The topological polar surface area (TPSA) is 73.2 Å². The molecule has 2 aliphatic rings. The Morgan fingerprint density at radius 3 is 2.81 bits per heavy atom. The van der Waals surface area contributed by atoms with E-state index in [1.54, 1.807) is 29.4 Å². The van der Waals surface area contributed by atoms with Crippen molar-refractivity contribution in [3.05, 3.63) is 29.3 Å². The van der Waals surface area contributed by atoms with Gasteiger partial charge in [-0.1, -0.05) is 12.1 Å². The maximum absolute atomic E-state index is 13.1. The number of sulfonamides is 1. The average Bonchev–Trinajstić information content (AvgIpc) is 2.72. The zero-order chi connectivity index (χ0) is 15.0. The molecule has 2 atom stereocenters. The molecule has 3 rings (SSSR count). The van der Waals surface area contributed by atoms with Crippen LogP contribution < -0.4 is 5.32 Å². The zero-order valence-electron chi connectivity index (χ0n) is 12.0. The predicted molar refractivity (Wildman–Crippen MR) is 79.2 cm³/mol. The van der Waals surface area contributed by atoms with Crippen molar-refractivity contribution in [3.63, 3.8) is 0 Å². The van der Waals surface area contributed by atoms with Gasteiger partial charge >= 0.3 is 0 Å². The Morgan fingerprint density at radius 1 is 1.29 bits per heavy atom. The quantitative estimate of drug-likeness (QED) is 0.896. The smallest absolute Gasteiger partial charge is 0.244 e. The summed E-state index contributed by atoms with van der Waals surface area (Å²) in [6.07, 6.45) is 2.65. The molecular weight excluding hydrogens is 286 g/mol. The lowest BCUT2D eigenvalue weighted by atomic mass is 10.1. The molecule has 112 valence electrons. The van der Waals surface area contributed by atoms with E-state index in [1.807, 2.05) is 0 Å². The number of rotatable bonds is 2. The maximum Gasteiger partial charge on any atom is 0.244 e. The van der Waals surface area contributed by atoms with Crippen LogP contribution >= 0.6 is 0 Å². The highest BCUT2D eigenvalue weighted by atomic mass is 32.2. The highest BCUT2D eigenvalue weighted by molar-refractivity contribution is 7.89. The molecule has 2 unspecified atom stereocenters. The third kappa shape index (κ3) is 2.35. The van der Waals surface area contributed by atoms with Gasteiger partial charge in [0.05, 0.1) is 5.56 Å². The monoisotopic (exact) mass is 305 g/mol. The van der Waals surface area contributed by atoms with Crippen molar-refractivity contribution < 1.29 is 8.42 Å². The molecule has 2 aliphatic heterocycles. The van der Waals surface area contributed by atoms with Gasteiger partial charge in [-0.2, -0.15) is 9.57 Å². The fourth-order valence-electron chi connectivity index (χ4n) is 3.44. The summed E-state index contributed by atoms with van der Waals surface area (Å²) in [6.45, 7) is 3.33. The number of nitriles is 1. The highest BCUT2D eigenvalue weighted by Crippen LogP contribution is 2.35. The summed E-state index contributed by atoms with van der Waals surface area (Å²) in [5.74, 6) is 0. The van der Waals surface area contributed by atoms with Gasteiger partial charge in [-0.25, -0.2) is 8.42 Å². The van der Waals surface area contributed by atoms with Crippen LogP contribution in [0.25, 0.3) is 0 Å². The molecule has 0 aromatic heterocycles. The molecule has 2 heterocycles. The highest BCUT2D eigenvalue weighted by Gasteiger charge is 2.43. The fraction of sp³-hybridized carbons (Fsp3) is 0.533. The molecule has 1 aromatic carbocycles. The van der Waals surface area contributed by atoms with E-state index in [1.165, 1.54) is 0 Å². The van der Waals surface area contributed by atoms with Crippen LogP contribution in [0.4, 0.5) is 0 Å². The Labute approximate surface area is 125 Å². The first-order valence-electron chi connectivity index (χ1n) is 7.29. The second-order valence-electron chi connectivity index (χ2n) is 5.77. The Balaban J connectivity index is 2.09. The van der Waals surface area contributed by atoms with Crippen LogP contribution in [-0.4, -0.2) is 37.9 Å². The summed E-state index contributed by atoms with van der Waals surface area (Å²) >= 11 is 0. The molecular formula is C15H19N3O2S. The van der Waals surface area contributed by atoms with E-state index in [9.17, 15) is 13.7 Å². The Kier molecular flexibility index (Phi) is 3.74. The number of fused-ring (bicyclic) bond motifs is 2. The van der Waals surface area contributed by atoms with Gasteiger partial charge in [0.15, 0.2) is 0 Å². The fourth-order valence-corrected chi connectivity index (χ4v) is 5.56. The number of hydrogen-bond donors (Lipinski definition) is 1. The van der Waals surface area contributed by atoms with Crippen LogP contribution in [0.5, 0.6) is 0 Å². The van der Waals surface area contributed by atoms with Crippen molar-refractivity contribution >= 4 is 10.0 Å². The average molecular weight is 305 g/mol. The summed E-state index contributed by atoms with van der Waals surface area (Å²) < 4.78 is 27.8. The molecule has 5 nitrogen and oxygen atoms in total. The lowest BCUT2D eigenvalue weighted by Crippen LogP contribution is -2.42. The molecule has 0 spiro atoms. The number of hydrogen-bond acceptors (Lipinski definition) is 4. The summed E-state index contributed by atoms with van der Waals surface area (Å²) in [6, 6.07) is 7.16. The van der Waals surface area contributed by atoms with Crippen LogP contribution in [0.2, 0.25) is 0 Å². The molecule has 0 amide bonds. The van der Waals surface area contributed by atoms with E-state index in [4.69, 9.17) is 0 Å². The number of nitrogens with zero attached hydrogens (tertiary/aromatic N) is 2. The van der Waals surface area contributed by atoms with E-state index in [-0.39, 0.29) is 22.5 Å². The molecule has 2 saturated heterocycles. The molecule has 1 N–H and O–H groups in total. The standard InChI is InChI=1S/C15H19N3O2S/c1-11-3-2-4-15(14(11)9-16)21(19,20)18-12-5-6-13(18)10-17-8-7-12/h2-4,12-13,17H,5-8,10H2,1H3. The third-order valence-corrected chi connectivity index (χ3v) is 6.54. The van der Waals surface area contributed by atoms with Crippen molar-refractivity contribution in [3.8, 4) is 6.07 Å². The van der Waals surface area contributed by atoms with E-state index in [0.717, 1.165) is 25.8 Å².